The maximum atomic E-state index is 14.7. The van der Waals surface area contributed by atoms with Crippen molar-refractivity contribution in [3.05, 3.63) is 129 Å². The summed E-state index contributed by atoms with van der Waals surface area (Å²) in [5, 5.41) is 66.6. The number of carbonyl (C=O) groups is 4. The number of hydrogen-bond acceptors (Lipinski definition) is 21. The molecule has 109 heavy (non-hydrogen) atoms. The minimum Gasteiger partial charge on any atom is -0.506 e. The van der Waals surface area contributed by atoms with E-state index in [1.54, 1.807) is 66.2 Å². The van der Waals surface area contributed by atoms with Gasteiger partial charge in [-0.3, -0.25) is 9.59 Å². The van der Waals surface area contributed by atoms with Gasteiger partial charge in [0.25, 0.3) is 0 Å². The van der Waals surface area contributed by atoms with Crippen LogP contribution in [0.25, 0.3) is 6.08 Å². The Morgan fingerprint density at radius 1 is 0.807 bits per heavy atom. The van der Waals surface area contributed by atoms with Gasteiger partial charge in [-0.15, -0.1) is 0 Å². The van der Waals surface area contributed by atoms with E-state index in [0.29, 0.717) is 85.8 Å². The van der Waals surface area contributed by atoms with Crippen molar-refractivity contribution >= 4 is 29.8 Å². The molecule has 1 aromatic carbocycles. The van der Waals surface area contributed by atoms with Crippen LogP contribution in [-0.2, 0) is 72.9 Å². The Balaban J connectivity index is 0.000000225. The lowest BCUT2D eigenvalue weighted by atomic mass is 9.60. The summed E-state index contributed by atoms with van der Waals surface area (Å²) in [6.07, 6.45) is 21.7. The molecule has 6 N–H and O–H groups in total. The third-order valence-corrected chi connectivity index (χ3v) is 24.5. The van der Waals surface area contributed by atoms with Crippen molar-refractivity contribution in [1.82, 2.24) is 0 Å². The molecule has 600 valence electrons. The van der Waals surface area contributed by atoms with Gasteiger partial charge in [0.1, 0.15) is 70.5 Å². The molecule has 2 spiro atoms. The number of aliphatic hydroxyl groups is 3. The number of aliphatic hydroxyl groups excluding tert-OH is 2. The molecule has 0 aromatic heterocycles. The minimum atomic E-state index is -2.16. The summed E-state index contributed by atoms with van der Waals surface area (Å²) in [4.78, 5) is 54.4. The zero-order valence-electron chi connectivity index (χ0n) is 66.8. The second kappa shape index (κ2) is 33.0. The number of ether oxygens (including phenoxy) is 13. The highest BCUT2D eigenvalue weighted by atomic mass is 16.7. The van der Waals surface area contributed by atoms with Gasteiger partial charge in [0.15, 0.2) is 29.8 Å². The van der Waals surface area contributed by atoms with Gasteiger partial charge in [-0.1, -0.05) is 106 Å². The molecule has 0 saturated carbocycles. The summed E-state index contributed by atoms with van der Waals surface area (Å²) in [6.45, 7) is 31.0. The normalized spacial score (nSPS) is 39.0. The first-order chi connectivity index (χ1) is 51.4. The number of carboxylic acid groups (broad SMARTS) is 2. The van der Waals surface area contributed by atoms with E-state index < -0.39 is 137 Å². The molecule has 24 unspecified atom stereocenters. The first-order valence-electron chi connectivity index (χ1n) is 39.1. The van der Waals surface area contributed by atoms with Gasteiger partial charge in [-0.05, 0) is 162 Å². The Labute approximate surface area is 642 Å². The Bertz CT molecular complexity index is 3920. The van der Waals surface area contributed by atoms with E-state index in [9.17, 15) is 49.8 Å². The third-order valence-electron chi connectivity index (χ3n) is 24.5. The number of esters is 1. The molecule has 0 radical (unpaired) electrons. The second-order valence-electron chi connectivity index (χ2n) is 33.4. The van der Waals surface area contributed by atoms with Crippen LogP contribution in [-0.4, -0.2) is 195 Å². The van der Waals surface area contributed by atoms with Gasteiger partial charge in [-0.25, -0.2) is 9.59 Å². The lowest BCUT2D eigenvalue weighted by Crippen LogP contribution is -2.66. The SMILES string of the molecule is CC(C)=CCCC1(C)C=Cc2c(O)c3c(c(CC=C(C)C)c2O1)OC12C(=CCCC1C(C)(C)OC2(CC=C(C)C(=O)O)C(=O)O)C3=O.CCC(C)C1OC2(C=CC1C)CC1CC(CC=C(C)C(OC3CC(OC)C(OC4CC(OC)C(O)C(C)O4)C(C)O3)C(C)C=CC=C3COC4C(O)C(C)=CC(C(=O)O1)C34O)O2. The number of methoxy groups -OCH3 is 2. The largest absolute Gasteiger partial charge is 0.506 e. The van der Waals surface area contributed by atoms with Crippen LogP contribution < -0.4 is 9.47 Å². The van der Waals surface area contributed by atoms with E-state index in [-0.39, 0.29) is 77.3 Å². The summed E-state index contributed by atoms with van der Waals surface area (Å²) >= 11 is 0. The predicted octanol–water partition coefficient (Wildman–Crippen LogP) is 12.9. The topological polar surface area (TPSA) is 310 Å². The Hall–Kier alpha value is -6.42. The number of rotatable bonds is 17. The number of Topliss-reactive ketones (excluding diaryl/α,β-unsaturated/α-hetero) is 1. The highest BCUT2D eigenvalue weighted by Gasteiger charge is 2.78. The summed E-state index contributed by atoms with van der Waals surface area (Å²) < 4.78 is 83.9. The number of allylic oxidation sites excluding steroid dienone is 7. The van der Waals surface area contributed by atoms with E-state index in [4.69, 9.17) is 61.6 Å². The van der Waals surface area contributed by atoms with Crippen LogP contribution in [0.5, 0.6) is 17.2 Å². The third kappa shape index (κ3) is 16.2. The molecule has 2 aliphatic carbocycles. The molecule has 0 amide bonds. The maximum Gasteiger partial charge on any atom is 0.340 e. The molecule has 23 heteroatoms. The first kappa shape index (κ1) is 83.5. The van der Waals surface area contributed by atoms with Crippen LogP contribution in [0.3, 0.4) is 0 Å². The van der Waals surface area contributed by atoms with Crippen molar-refractivity contribution in [2.75, 3.05) is 20.8 Å². The van der Waals surface area contributed by atoms with E-state index in [1.807, 2.05) is 78.8 Å². The lowest BCUT2D eigenvalue weighted by molar-refractivity contribution is -0.318. The van der Waals surface area contributed by atoms with Crippen molar-refractivity contribution in [2.24, 2.45) is 29.6 Å². The summed E-state index contributed by atoms with van der Waals surface area (Å²) in [7, 11) is 3.22. The Kier molecular flexibility index (Phi) is 25.3. The molecule has 5 fully saturated rings. The van der Waals surface area contributed by atoms with E-state index in [0.717, 1.165) is 24.0 Å². The molecule has 24 atom stereocenters. The summed E-state index contributed by atoms with van der Waals surface area (Å²) in [5.74, 6) is -6.09. The van der Waals surface area contributed by atoms with Gasteiger partial charge < -0.3 is 92.2 Å². The molecule has 23 nitrogen and oxygen atoms in total. The van der Waals surface area contributed by atoms with Crippen molar-refractivity contribution < 1.29 is 111 Å². The number of hydrogen-bond donors (Lipinski definition) is 6. The van der Waals surface area contributed by atoms with Gasteiger partial charge in [0.05, 0.1) is 60.5 Å². The van der Waals surface area contributed by atoms with E-state index in [2.05, 4.69) is 45.9 Å². The van der Waals surface area contributed by atoms with Crippen LogP contribution in [0.1, 0.15) is 203 Å². The molecule has 11 aliphatic rings. The lowest BCUT2D eigenvalue weighted by Gasteiger charge is -2.50. The quantitative estimate of drug-likeness (QED) is 0.0479. The number of fused-ring (bicyclic) bond motifs is 4. The fraction of sp³-hybridized carbons (Fsp3) is 0.651. The Morgan fingerprint density at radius 3 is 2.18 bits per heavy atom. The predicted molar refractivity (Wildman–Crippen MR) is 405 cm³/mol. The van der Waals surface area contributed by atoms with Crippen LogP contribution in [0.4, 0.5) is 0 Å². The number of benzene rings is 1. The zero-order valence-corrected chi connectivity index (χ0v) is 66.8. The fourth-order valence-corrected chi connectivity index (χ4v) is 18.2. The molecule has 12 rings (SSSR count). The fourth-order valence-electron chi connectivity index (χ4n) is 18.2. The van der Waals surface area contributed by atoms with Crippen molar-refractivity contribution in [3.63, 3.8) is 0 Å². The maximum absolute atomic E-state index is 14.7. The van der Waals surface area contributed by atoms with Crippen molar-refractivity contribution in [2.45, 2.75) is 307 Å². The second-order valence-corrected chi connectivity index (χ2v) is 33.4. The number of ketones is 1. The number of phenols is 1. The van der Waals surface area contributed by atoms with Crippen LogP contribution in [0, 0.1) is 29.6 Å². The zero-order chi connectivity index (χ0) is 79.4. The number of carbonyl (C=O) groups excluding carboxylic acids is 2. The molecular weight excluding hydrogens is 1400 g/mol. The number of carboxylic acids is 2. The standard InChI is InChI=1S/C48H72O14.C38H46O9/c1-11-25(2)43-28(5)17-18-47(62-43)23-34-20-33(61-47)16-15-27(4)42(26(3)13-12-14-32-24-55-45-40(49)29(6)19-35(46(51)58-34)48(32,45)52)59-39-22-37(54-10)44(31(8)57-39)60-38-21-36(53-9)41(50)30(7)56-38;1-21(2)11-10-18-36(8)19-17-24-29(39)28-30(40)26-12-9-13-27-35(6,7)47-37(34(43)44,20-16-23(5)33(41)42)38(26,27)46-32(28)25(31(24)45-36)15-14-22(3)4/h12-15,17-19,25-26,28,30-31,33-45,49-50,52H,11,16,20-24H2,1-10H3;11-12,14,16-17,19,27,39H,9-10,13,15,18,20H2,1-8H3,(H,41,42)(H,43,44). The summed E-state index contributed by atoms with van der Waals surface area (Å²) in [5.41, 5.74) is -2.53. The number of aromatic hydroxyl groups is 1. The first-order valence-corrected chi connectivity index (χ1v) is 39.1. The number of aliphatic carboxylic acids is 2. The van der Waals surface area contributed by atoms with Crippen LogP contribution in [0.15, 0.2) is 112 Å². The Morgan fingerprint density at radius 2 is 1.50 bits per heavy atom. The molecule has 9 aliphatic heterocycles. The average Bonchev–Trinajstić information content (AvgIpc) is 1.54. The minimum absolute atomic E-state index is 0.0317. The van der Waals surface area contributed by atoms with Crippen LogP contribution in [0.2, 0.25) is 0 Å². The molecule has 5 saturated heterocycles. The molecular formula is C86H118O23. The van der Waals surface area contributed by atoms with E-state index >= 15 is 0 Å². The van der Waals surface area contributed by atoms with Crippen molar-refractivity contribution in [3.8, 4) is 17.2 Å². The number of phenolic OH excluding ortho intramolecular Hbond substituents is 1. The van der Waals surface area contributed by atoms with Gasteiger partial charge in [-0.2, -0.15) is 0 Å². The van der Waals surface area contributed by atoms with Gasteiger partial charge >= 0.3 is 17.9 Å². The van der Waals surface area contributed by atoms with E-state index in [1.165, 1.54) is 18.6 Å². The summed E-state index contributed by atoms with van der Waals surface area (Å²) in [6, 6.07) is 0. The monoisotopic (exact) mass is 1520 g/mol. The van der Waals surface area contributed by atoms with Gasteiger partial charge in [0, 0.05) is 80.8 Å². The van der Waals surface area contributed by atoms with Crippen LogP contribution >= 0.6 is 0 Å². The molecule has 2 bridgehead atoms. The van der Waals surface area contributed by atoms with Gasteiger partial charge in [0.2, 0.25) is 5.60 Å². The highest BCUT2D eigenvalue weighted by molar-refractivity contribution is 6.17. The average molecular weight is 1520 g/mol. The van der Waals surface area contributed by atoms with Crippen molar-refractivity contribution in [1.29, 1.82) is 0 Å². The smallest absolute Gasteiger partial charge is 0.340 e. The highest BCUT2D eigenvalue weighted by Crippen LogP contribution is 2.65. The molecule has 1 aromatic rings. The molecule has 9 heterocycles.